The topological polar surface area (TPSA) is 80.7 Å². The molecule has 0 fully saturated rings. The normalized spacial score (nSPS) is 18.2. The van der Waals surface area contributed by atoms with Crippen LogP contribution in [0.15, 0.2) is 26.2 Å². The van der Waals surface area contributed by atoms with Crippen LogP contribution in [0.2, 0.25) is 0 Å². The Labute approximate surface area is 111 Å². The summed E-state index contributed by atoms with van der Waals surface area (Å²) in [7, 11) is -2.21. The molecule has 17 heavy (non-hydrogen) atoms. The zero-order valence-electron chi connectivity index (χ0n) is 8.68. The van der Waals surface area contributed by atoms with E-state index in [9.17, 15) is 8.42 Å². The fraction of sp³-hybridized carbons (Fsp3) is 0.250. The molecule has 1 aromatic rings. The smallest absolute Gasteiger partial charge is 0.342 e. The molecule has 0 unspecified atom stereocenters. The molecule has 9 heteroatoms. The first kappa shape index (κ1) is 12.7. The molecule has 0 bridgehead atoms. The van der Waals surface area contributed by atoms with E-state index < -0.39 is 10.2 Å². The van der Waals surface area contributed by atoms with Gasteiger partial charge in [-0.05, 0) is 22.0 Å². The quantitative estimate of drug-likeness (QED) is 0.894. The van der Waals surface area contributed by atoms with Crippen LogP contribution in [0.5, 0.6) is 0 Å². The van der Waals surface area contributed by atoms with Gasteiger partial charge in [0.25, 0.3) is 0 Å². The third-order valence-electron chi connectivity index (χ3n) is 1.79. The van der Waals surface area contributed by atoms with E-state index in [-0.39, 0.29) is 6.61 Å². The van der Waals surface area contributed by atoms with Gasteiger partial charge in [0, 0.05) is 7.11 Å². The van der Waals surface area contributed by atoms with Crippen LogP contribution < -0.4 is 4.72 Å². The monoisotopic (exact) mass is 337 g/mol. The molecule has 1 aromatic heterocycles. The summed E-state index contributed by atoms with van der Waals surface area (Å²) < 4.78 is 34.6. The lowest BCUT2D eigenvalue weighted by molar-refractivity contribution is 0.223. The second-order valence-electron chi connectivity index (χ2n) is 3.13. The highest BCUT2D eigenvalue weighted by Gasteiger charge is 2.20. The molecular formula is C8H8BrN3O3S2. The predicted molar refractivity (Wildman–Crippen MR) is 68.4 cm³/mol. The van der Waals surface area contributed by atoms with Crippen LogP contribution in [0, 0.1) is 0 Å². The van der Waals surface area contributed by atoms with Crippen molar-refractivity contribution in [3.8, 4) is 0 Å². The molecule has 92 valence electrons. The van der Waals surface area contributed by atoms with E-state index in [2.05, 4.69) is 30.0 Å². The van der Waals surface area contributed by atoms with E-state index in [1.807, 2.05) is 0 Å². The van der Waals surface area contributed by atoms with E-state index in [0.717, 1.165) is 3.79 Å². The van der Waals surface area contributed by atoms with Crippen molar-refractivity contribution in [2.75, 3.05) is 13.7 Å². The average molecular weight is 338 g/mol. The molecule has 0 aliphatic carbocycles. The molecule has 6 nitrogen and oxygen atoms in total. The fourth-order valence-electron chi connectivity index (χ4n) is 1.24. The maximum absolute atomic E-state index is 11.5. The van der Waals surface area contributed by atoms with Crippen LogP contribution in [0.4, 0.5) is 0 Å². The molecule has 1 N–H and O–H groups in total. The summed E-state index contributed by atoms with van der Waals surface area (Å²) in [5, 5.41) is 0.538. The lowest BCUT2D eigenvalue weighted by Gasteiger charge is -2.13. The summed E-state index contributed by atoms with van der Waals surface area (Å²) in [5.74, 6) is 0. The van der Waals surface area contributed by atoms with E-state index in [1.165, 1.54) is 18.4 Å². The summed E-state index contributed by atoms with van der Waals surface area (Å²) in [6.07, 6.45) is 3.21. The Morgan fingerprint density at radius 1 is 1.59 bits per heavy atom. The van der Waals surface area contributed by atoms with E-state index in [1.54, 1.807) is 12.3 Å². The van der Waals surface area contributed by atoms with Gasteiger partial charge < -0.3 is 4.74 Å². The molecule has 1 aliphatic rings. The summed E-state index contributed by atoms with van der Waals surface area (Å²) in [4.78, 5) is 4.06. The molecule has 0 amide bonds. The first-order chi connectivity index (χ1) is 8.00. The fourth-order valence-corrected chi connectivity index (χ4v) is 3.36. The van der Waals surface area contributed by atoms with Crippen LogP contribution in [0.25, 0.3) is 0 Å². The van der Waals surface area contributed by atoms with Crippen LogP contribution >= 0.6 is 27.3 Å². The lowest BCUT2D eigenvalue weighted by Crippen LogP contribution is -2.29. The first-order valence-corrected chi connectivity index (χ1v) is 7.49. The second-order valence-corrected chi connectivity index (χ2v) is 6.87. The van der Waals surface area contributed by atoms with E-state index in [0.29, 0.717) is 16.4 Å². The molecule has 0 saturated heterocycles. The van der Waals surface area contributed by atoms with Crippen molar-refractivity contribution < 1.29 is 13.2 Å². The summed E-state index contributed by atoms with van der Waals surface area (Å²) in [6.45, 7) is 0.171. The van der Waals surface area contributed by atoms with Crippen LogP contribution in [0.3, 0.4) is 0 Å². The zero-order valence-corrected chi connectivity index (χ0v) is 11.9. The number of thiazole rings is 1. The summed E-state index contributed by atoms with van der Waals surface area (Å²) in [5.41, 5.74) is 0.746. The van der Waals surface area contributed by atoms with Crippen molar-refractivity contribution in [1.82, 2.24) is 9.71 Å². The average Bonchev–Trinajstić information content (AvgIpc) is 2.63. The summed E-state index contributed by atoms with van der Waals surface area (Å²) in [6, 6.07) is 0. The predicted octanol–water partition coefficient (Wildman–Crippen LogP) is 1.07. The minimum Gasteiger partial charge on any atom is -0.378 e. The van der Waals surface area contributed by atoms with Crippen molar-refractivity contribution in [2.45, 2.75) is 0 Å². The Morgan fingerprint density at radius 3 is 2.94 bits per heavy atom. The van der Waals surface area contributed by atoms with E-state index >= 15 is 0 Å². The maximum Gasteiger partial charge on any atom is 0.342 e. The van der Waals surface area contributed by atoms with Gasteiger partial charge >= 0.3 is 10.2 Å². The number of hydrogen-bond donors (Lipinski definition) is 1. The van der Waals surface area contributed by atoms with E-state index in [4.69, 9.17) is 4.74 Å². The molecule has 0 aromatic carbocycles. The number of halogens is 1. The highest BCUT2D eigenvalue weighted by Crippen LogP contribution is 2.22. The largest absolute Gasteiger partial charge is 0.378 e. The first-order valence-electron chi connectivity index (χ1n) is 4.44. The van der Waals surface area contributed by atoms with Gasteiger partial charge in [0.2, 0.25) is 0 Å². The molecule has 2 rings (SSSR count). The van der Waals surface area contributed by atoms with Crippen molar-refractivity contribution in [3.05, 3.63) is 26.8 Å². The third kappa shape index (κ3) is 3.12. The van der Waals surface area contributed by atoms with Gasteiger partial charge in [0.15, 0.2) is 0 Å². The lowest BCUT2D eigenvalue weighted by atomic mass is 10.3. The highest BCUT2D eigenvalue weighted by atomic mass is 79.9. The minimum atomic E-state index is -3.70. The van der Waals surface area contributed by atoms with Gasteiger partial charge in [-0.2, -0.15) is 8.42 Å². The van der Waals surface area contributed by atoms with Gasteiger partial charge in [-0.25, -0.2) is 4.98 Å². The van der Waals surface area contributed by atoms with Crippen LogP contribution in [-0.2, 0) is 14.9 Å². The third-order valence-corrected chi connectivity index (χ3v) is 4.24. The number of nitrogens with one attached hydrogen (secondary N) is 1. The van der Waals surface area contributed by atoms with Gasteiger partial charge in [0.05, 0.1) is 22.3 Å². The molecule has 1 aliphatic heterocycles. The number of nitrogens with zero attached hydrogens (tertiary/aromatic N) is 2. The maximum atomic E-state index is 11.5. The molecule has 0 saturated carbocycles. The van der Waals surface area contributed by atoms with Gasteiger partial charge in [-0.1, -0.05) is 0 Å². The highest BCUT2D eigenvalue weighted by molar-refractivity contribution is 9.11. The van der Waals surface area contributed by atoms with Crippen molar-refractivity contribution >= 4 is 43.2 Å². The Balaban J connectivity index is 2.41. The zero-order chi connectivity index (χ0) is 12.5. The SMILES string of the molecule is COCC1=CC(c2ncc(Br)s2)=NS(=O)(=O)N1. The Morgan fingerprint density at radius 2 is 2.35 bits per heavy atom. The minimum absolute atomic E-state index is 0.171. The van der Waals surface area contributed by atoms with Crippen molar-refractivity contribution in [1.29, 1.82) is 0 Å². The van der Waals surface area contributed by atoms with Crippen molar-refractivity contribution in [2.24, 2.45) is 4.40 Å². The molecule has 0 spiro atoms. The Hall–Kier alpha value is -0.770. The molecule has 0 radical (unpaired) electrons. The standard InChI is InChI=1S/C8H8BrN3O3S2/c1-15-4-5-2-6(12-17(13,14)11-5)8-10-3-7(9)16-8/h2-3,11H,4H2,1H3. The van der Waals surface area contributed by atoms with Crippen LogP contribution in [-0.4, -0.2) is 32.8 Å². The number of allylic oxidation sites excluding steroid dienone is 1. The number of aromatic nitrogens is 1. The number of rotatable bonds is 3. The number of hydrogen-bond acceptors (Lipinski definition) is 5. The summed E-state index contributed by atoms with van der Waals surface area (Å²) >= 11 is 4.58. The van der Waals surface area contributed by atoms with Gasteiger partial charge in [-0.3, -0.25) is 4.72 Å². The van der Waals surface area contributed by atoms with Crippen LogP contribution in [0.1, 0.15) is 5.01 Å². The number of methoxy groups -OCH3 is 1. The van der Waals surface area contributed by atoms with Crippen molar-refractivity contribution in [3.63, 3.8) is 0 Å². The Kier molecular flexibility index (Phi) is 3.61. The van der Waals surface area contributed by atoms with Gasteiger partial charge in [-0.15, -0.1) is 15.7 Å². The van der Waals surface area contributed by atoms with Gasteiger partial charge in [0.1, 0.15) is 10.7 Å². The molecule has 0 atom stereocenters. The molecule has 2 heterocycles. The second kappa shape index (κ2) is 4.84. The Bertz CT molecular complexity index is 591. The molecular weight excluding hydrogens is 330 g/mol. The number of ether oxygens (including phenoxy) is 1.